The van der Waals surface area contributed by atoms with Gasteiger partial charge < -0.3 is 9.84 Å². The molecule has 1 N–H and O–H groups in total. The number of carbonyl (C=O) groups is 1. The minimum atomic E-state index is -0.298. The lowest BCUT2D eigenvalue weighted by Gasteiger charge is -2.23. The van der Waals surface area contributed by atoms with E-state index in [4.69, 9.17) is 0 Å². The van der Waals surface area contributed by atoms with E-state index in [1.807, 2.05) is 0 Å². The quantitative estimate of drug-likeness (QED) is 0.637. The van der Waals surface area contributed by atoms with Gasteiger partial charge in [-0.2, -0.15) is 0 Å². The fourth-order valence-corrected chi connectivity index (χ4v) is 1.54. The third-order valence-corrected chi connectivity index (χ3v) is 2.18. The van der Waals surface area contributed by atoms with Crippen LogP contribution in [0.1, 0.15) is 25.7 Å². The zero-order valence-electron chi connectivity index (χ0n) is 7.16. The predicted octanol–water partition coefficient (Wildman–Crippen LogP) is 1.13. The molecule has 0 bridgehead atoms. The van der Waals surface area contributed by atoms with Crippen LogP contribution in [-0.4, -0.2) is 24.3 Å². The number of methoxy groups -OCH3 is 1. The SMILES string of the molecule is COC(=O)C1CCCC(O)C1.Cl. The van der Waals surface area contributed by atoms with E-state index in [1.54, 1.807) is 0 Å². The lowest BCUT2D eigenvalue weighted by Crippen LogP contribution is -2.26. The van der Waals surface area contributed by atoms with Gasteiger partial charge >= 0.3 is 5.97 Å². The molecule has 2 unspecified atom stereocenters. The van der Waals surface area contributed by atoms with E-state index in [9.17, 15) is 9.90 Å². The molecule has 1 aliphatic rings. The number of hydrogen-bond donors (Lipinski definition) is 1. The van der Waals surface area contributed by atoms with Gasteiger partial charge in [-0.05, 0) is 19.3 Å². The molecule has 1 fully saturated rings. The number of ether oxygens (including phenoxy) is 1. The van der Waals surface area contributed by atoms with E-state index >= 15 is 0 Å². The largest absolute Gasteiger partial charge is 0.469 e. The molecule has 0 aromatic heterocycles. The Morgan fingerprint density at radius 3 is 2.67 bits per heavy atom. The Kier molecular flexibility index (Phi) is 5.25. The lowest BCUT2D eigenvalue weighted by atomic mass is 9.87. The predicted molar refractivity (Wildman–Crippen MR) is 47.2 cm³/mol. The van der Waals surface area contributed by atoms with Gasteiger partial charge in [-0.25, -0.2) is 0 Å². The molecular formula is C8H15ClO3. The summed E-state index contributed by atoms with van der Waals surface area (Å²) in [5, 5.41) is 9.22. The molecule has 2 atom stereocenters. The van der Waals surface area contributed by atoms with E-state index in [-0.39, 0.29) is 30.4 Å². The Balaban J connectivity index is 0.00000121. The third kappa shape index (κ3) is 2.99. The van der Waals surface area contributed by atoms with E-state index < -0.39 is 0 Å². The van der Waals surface area contributed by atoms with Crippen LogP contribution in [0.2, 0.25) is 0 Å². The second kappa shape index (κ2) is 5.38. The molecule has 0 aromatic rings. The summed E-state index contributed by atoms with van der Waals surface area (Å²) < 4.78 is 4.59. The van der Waals surface area contributed by atoms with Crippen molar-refractivity contribution in [3.8, 4) is 0 Å². The average molecular weight is 195 g/mol. The summed E-state index contributed by atoms with van der Waals surface area (Å²) >= 11 is 0. The van der Waals surface area contributed by atoms with Crippen LogP contribution in [0.15, 0.2) is 0 Å². The summed E-state index contributed by atoms with van der Waals surface area (Å²) in [7, 11) is 1.39. The molecule has 0 aromatic carbocycles. The molecular weight excluding hydrogens is 180 g/mol. The molecule has 12 heavy (non-hydrogen) atoms. The van der Waals surface area contributed by atoms with E-state index in [2.05, 4.69) is 4.74 Å². The topological polar surface area (TPSA) is 46.5 Å². The van der Waals surface area contributed by atoms with Crippen molar-refractivity contribution in [2.24, 2.45) is 5.92 Å². The maximum absolute atomic E-state index is 11.0. The van der Waals surface area contributed by atoms with Crippen LogP contribution in [-0.2, 0) is 9.53 Å². The van der Waals surface area contributed by atoms with Gasteiger partial charge in [0, 0.05) is 0 Å². The standard InChI is InChI=1S/C8H14O3.ClH/c1-11-8(10)6-3-2-4-7(9)5-6;/h6-7,9H,2-5H2,1H3;1H. The summed E-state index contributed by atoms with van der Waals surface area (Å²) in [4.78, 5) is 11.0. The highest BCUT2D eigenvalue weighted by Gasteiger charge is 2.26. The van der Waals surface area contributed by atoms with Gasteiger partial charge in [0.15, 0.2) is 0 Å². The van der Waals surface area contributed by atoms with Gasteiger partial charge in [-0.3, -0.25) is 4.79 Å². The number of rotatable bonds is 1. The number of aliphatic hydroxyl groups excluding tert-OH is 1. The van der Waals surface area contributed by atoms with Crippen LogP contribution in [0, 0.1) is 5.92 Å². The molecule has 1 aliphatic carbocycles. The summed E-state index contributed by atoms with van der Waals surface area (Å²) in [5.74, 6) is -0.243. The highest BCUT2D eigenvalue weighted by atomic mass is 35.5. The molecule has 72 valence electrons. The Morgan fingerprint density at radius 2 is 2.17 bits per heavy atom. The van der Waals surface area contributed by atoms with Crippen LogP contribution in [0.25, 0.3) is 0 Å². The minimum absolute atomic E-state index is 0. The molecule has 0 saturated heterocycles. The smallest absolute Gasteiger partial charge is 0.308 e. The van der Waals surface area contributed by atoms with Crippen LogP contribution in [0.4, 0.5) is 0 Å². The van der Waals surface area contributed by atoms with Gasteiger partial charge in [0.25, 0.3) is 0 Å². The van der Waals surface area contributed by atoms with Crippen molar-refractivity contribution >= 4 is 18.4 Å². The second-order valence-electron chi connectivity index (χ2n) is 3.04. The van der Waals surface area contributed by atoms with Crippen molar-refractivity contribution in [1.29, 1.82) is 0 Å². The summed E-state index contributed by atoms with van der Waals surface area (Å²) in [6.45, 7) is 0. The van der Waals surface area contributed by atoms with Crippen molar-refractivity contribution in [2.75, 3.05) is 7.11 Å². The first kappa shape index (κ1) is 11.7. The highest BCUT2D eigenvalue weighted by molar-refractivity contribution is 5.85. The number of carbonyl (C=O) groups excluding carboxylic acids is 1. The number of halogens is 1. The van der Waals surface area contributed by atoms with Crippen LogP contribution >= 0.6 is 12.4 Å². The zero-order valence-corrected chi connectivity index (χ0v) is 7.97. The Bertz CT molecular complexity index is 149. The monoisotopic (exact) mass is 194 g/mol. The van der Waals surface area contributed by atoms with Crippen molar-refractivity contribution in [1.82, 2.24) is 0 Å². The first-order valence-corrected chi connectivity index (χ1v) is 4.00. The van der Waals surface area contributed by atoms with Crippen LogP contribution in [0.3, 0.4) is 0 Å². The van der Waals surface area contributed by atoms with Gasteiger partial charge in [-0.15, -0.1) is 12.4 Å². The molecule has 1 rings (SSSR count). The van der Waals surface area contributed by atoms with Gasteiger partial charge in [0.1, 0.15) is 0 Å². The second-order valence-corrected chi connectivity index (χ2v) is 3.04. The summed E-state index contributed by atoms with van der Waals surface area (Å²) in [6, 6.07) is 0. The third-order valence-electron chi connectivity index (χ3n) is 2.18. The van der Waals surface area contributed by atoms with Crippen molar-refractivity contribution in [3.63, 3.8) is 0 Å². The molecule has 0 aliphatic heterocycles. The molecule has 0 spiro atoms. The maximum Gasteiger partial charge on any atom is 0.308 e. The molecule has 0 heterocycles. The van der Waals surface area contributed by atoms with Crippen molar-refractivity contribution in [3.05, 3.63) is 0 Å². The fourth-order valence-electron chi connectivity index (χ4n) is 1.54. The van der Waals surface area contributed by atoms with Gasteiger partial charge in [0.2, 0.25) is 0 Å². The zero-order chi connectivity index (χ0) is 8.27. The van der Waals surface area contributed by atoms with E-state index in [1.165, 1.54) is 7.11 Å². The minimum Gasteiger partial charge on any atom is -0.469 e. The fraction of sp³-hybridized carbons (Fsp3) is 0.875. The number of aliphatic hydroxyl groups is 1. The van der Waals surface area contributed by atoms with E-state index in [0.717, 1.165) is 19.3 Å². The first-order valence-electron chi connectivity index (χ1n) is 4.00. The molecule has 0 radical (unpaired) electrons. The lowest BCUT2D eigenvalue weighted by molar-refractivity contribution is -0.147. The van der Waals surface area contributed by atoms with E-state index in [0.29, 0.717) is 6.42 Å². The number of esters is 1. The Morgan fingerprint density at radius 1 is 1.50 bits per heavy atom. The van der Waals surface area contributed by atoms with Gasteiger partial charge in [0.05, 0.1) is 19.1 Å². The van der Waals surface area contributed by atoms with Crippen LogP contribution < -0.4 is 0 Å². The van der Waals surface area contributed by atoms with Crippen molar-refractivity contribution < 1.29 is 14.6 Å². The maximum atomic E-state index is 11.0. The molecule has 3 nitrogen and oxygen atoms in total. The Labute approximate surface area is 78.5 Å². The normalized spacial score (nSPS) is 28.8. The summed E-state index contributed by atoms with van der Waals surface area (Å²) in [6.07, 6.45) is 2.90. The average Bonchev–Trinajstić information content (AvgIpc) is 2.03. The van der Waals surface area contributed by atoms with Crippen LogP contribution in [0.5, 0.6) is 0 Å². The molecule has 0 amide bonds. The number of hydrogen-bond acceptors (Lipinski definition) is 3. The highest BCUT2D eigenvalue weighted by Crippen LogP contribution is 2.24. The molecule has 4 heteroatoms. The summed E-state index contributed by atoms with van der Waals surface area (Å²) in [5.41, 5.74) is 0. The van der Waals surface area contributed by atoms with Gasteiger partial charge in [-0.1, -0.05) is 6.42 Å². The first-order chi connectivity index (χ1) is 5.24. The Hall–Kier alpha value is -0.280. The van der Waals surface area contributed by atoms with Crippen molar-refractivity contribution in [2.45, 2.75) is 31.8 Å². The molecule has 1 saturated carbocycles.